The lowest BCUT2D eigenvalue weighted by Crippen LogP contribution is -2.36. The van der Waals surface area contributed by atoms with Crippen molar-refractivity contribution in [2.45, 2.75) is 71.3 Å². The van der Waals surface area contributed by atoms with E-state index in [0.717, 1.165) is 12.5 Å². The average molecular weight is 223 g/mol. The first-order chi connectivity index (χ1) is 7.58. The smallest absolute Gasteiger partial charge is 0.00966 e. The fourth-order valence-corrected chi connectivity index (χ4v) is 2.36. The Morgan fingerprint density at radius 1 is 1.06 bits per heavy atom. The van der Waals surface area contributed by atoms with Crippen LogP contribution in [-0.2, 0) is 0 Å². The van der Waals surface area contributed by atoms with Gasteiger partial charge in [0.15, 0.2) is 0 Å². The van der Waals surface area contributed by atoms with Crippen LogP contribution in [0.5, 0.6) is 0 Å². The highest BCUT2D eigenvalue weighted by Gasteiger charge is 2.11. The minimum absolute atomic E-state index is 0.261. The minimum Gasteiger partial charge on any atom is -0.312 e. The van der Waals surface area contributed by atoms with Gasteiger partial charge in [-0.3, -0.25) is 0 Å². The molecule has 1 fully saturated rings. The summed E-state index contributed by atoms with van der Waals surface area (Å²) in [6.07, 6.45) is 14.6. The van der Waals surface area contributed by atoms with Crippen LogP contribution in [0.1, 0.15) is 65.7 Å². The van der Waals surface area contributed by atoms with Gasteiger partial charge in [-0.05, 0) is 46.1 Å². The van der Waals surface area contributed by atoms with E-state index in [2.05, 4.69) is 38.2 Å². The highest BCUT2D eigenvalue weighted by Crippen LogP contribution is 2.26. The third kappa shape index (κ3) is 7.05. The molecule has 1 aliphatic carbocycles. The number of hydrogen-bond donors (Lipinski definition) is 1. The summed E-state index contributed by atoms with van der Waals surface area (Å²) in [6.45, 7) is 7.76. The van der Waals surface area contributed by atoms with Gasteiger partial charge in [0, 0.05) is 5.54 Å². The van der Waals surface area contributed by atoms with Crippen molar-refractivity contribution in [2.75, 3.05) is 6.54 Å². The van der Waals surface area contributed by atoms with Crippen LogP contribution in [0.3, 0.4) is 0 Å². The van der Waals surface area contributed by atoms with E-state index in [4.69, 9.17) is 0 Å². The molecular formula is C15H29N. The van der Waals surface area contributed by atoms with Crippen molar-refractivity contribution < 1.29 is 0 Å². The van der Waals surface area contributed by atoms with Crippen molar-refractivity contribution in [1.29, 1.82) is 0 Å². The van der Waals surface area contributed by atoms with Gasteiger partial charge in [0.05, 0.1) is 0 Å². The zero-order valence-corrected chi connectivity index (χ0v) is 11.4. The molecule has 0 unspecified atom stereocenters. The Morgan fingerprint density at radius 2 is 1.75 bits per heavy atom. The second kappa shape index (κ2) is 7.11. The molecule has 16 heavy (non-hydrogen) atoms. The third-order valence-corrected chi connectivity index (χ3v) is 3.33. The van der Waals surface area contributed by atoms with Crippen molar-refractivity contribution in [3.63, 3.8) is 0 Å². The maximum atomic E-state index is 3.51. The Morgan fingerprint density at radius 3 is 2.38 bits per heavy atom. The summed E-state index contributed by atoms with van der Waals surface area (Å²) in [5.74, 6) is 0.987. The van der Waals surface area contributed by atoms with E-state index in [1.807, 2.05) is 0 Å². The molecule has 0 aromatic carbocycles. The quantitative estimate of drug-likeness (QED) is 0.541. The molecule has 0 radical (unpaired) electrons. The Hall–Kier alpha value is -0.300. The monoisotopic (exact) mass is 223 g/mol. The number of hydrogen-bond acceptors (Lipinski definition) is 1. The number of rotatable bonds is 5. The molecule has 0 amide bonds. The van der Waals surface area contributed by atoms with Crippen LogP contribution in [0.2, 0.25) is 0 Å². The van der Waals surface area contributed by atoms with E-state index in [-0.39, 0.29) is 5.54 Å². The summed E-state index contributed by atoms with van der Waals surface area (Å²) in [6, 6.07) is 0. The van der Waals surface area contributed by atoms with Gasteiger partial charge in [-0.1, -0.05) is 44.3 Å². The van der Waals surface area contributed by atoms with Crippen LogP contribution < -0.4 is 5.32 Å². The Kier molecular flexibility index (Phi) is 6.12. The maximum absolute atomic E-state index is 3.51. The molecular weight excluding hydrogens is 194 g/mol. The molecule has 1 nitrogen and oxygen atoms in total. The molecule has 1 heteroatoms. The van der Waals surface area contributed by atoms with Gasteiger partial charge in [-0.15, -0.1) is 0 Å². The van der Waals surface area contributed by atoms with E-state index in [1.165, 1.54) is 44.9 Å². The Balaban J connectivity index is 1.99. The van der Waals surface area contributed by atoms with E-state index < -0.39 is 0 Å². The van der Waals surface area contributed by atoms with Gasteiger partial charge in [-0.2, -0.15) is 0 Å². The van der Waals surface area contributed by atoms with E-state index in [9.17, 15) is 0 Å². The SMILES string of the molecule is CC(C)(C)NCCC=CCC1CCCCC1. The fraction of sp³-hybridized carbons (Fsp3) is 0.867. The number of nitrogens with one attached hydrogen (secondary N) is 1. The summed E-state index contributed by atoms with van der Waals surface area (Å²) < 4.78 is 0. The van der Waals surface area contributed by atoms with Gasteiger partial charge in [0.2, 0.25) is 0 Å². The summed E-state index contributed by atoms with van der Waals surface area (Å²) in [5, 5.41) is 3.51. The van der Waals surface area contributed by atoms with Gasteiger partial charge in [0.1, 0.15) is 0 Å². The summed E-state index contributed by atoms with van der Waals surface area (Å²) in [5.41, 5.74) is 0.261. The molecule has 0 aromatic rings. The minimum atomic E-state index is 0.261. The highest BCUT2D eigenvalue weighted by molar-refractivity contribution is 4.86. The molecule has 0 atom stereocenters. The van der Waals surface area contributed by atoms with Crippen LogP contribution in [0, 0.1) is 5.92 Å². The predicted octanol–water partition coefficient (Wildman–Crippen LogP) is 4.29. The molecule has 0 spiro atoms. The van der Waals surface area contributed by atoms with Gasteiger partial charge < -0.3 is 5.32 Å². The van der Waals surface area contributed by atoms with Crippen molar-refractivity contribution in [3.8, 4) is 0 Å². The van der Waals surface area contributed by atoms with Crippen LogP contribution in [0.15, 0.2) is 12.2 Å². The molecule has 0 aromatic heterocycles. The molecule has 0 aliphatic heterocycles. The van der Waals surface area contributed by atoms with E-state index in [1.54, 1.807) is 0 Å². The zero-order chi connectivity index (χ0) is 11.9. The normalized spacial score (nSPS) is 19.4. The molecule has 0 heterocycles. The van der Waals surface area contributed by atoms with Crippen molar-refractivity contribution in [3.05, 3.63) is 12.2 Å². The third-order valence-electron chi connectivity index (χ3n) is 3.33. The van der Waals surface area contributed by atoms with Gasteiger partial charge in [-0.25, -0.2) is 0 Å². The van der Waals surface area contributed by atoms with Crippen molar-refractivity contribution >= 4 is 0 Å². The Bertz CT molecular complexity index is 194. The lowest BCUT2D eigenvalue weighted by Gasteiger charge is -2.20. The van der Waals surface area contributed by atoms with Crippen LogP contribution in [0.4, 0.5) is 0 Å². The Labute approximate surface area is 102 Å². The second-order valence-electron chi connectivity index (χ2n) is 6.18. The second-order valence-corrected chi connectivity index (χ2v) is 6.18. The molecule has 94 valence electrons. The molecule has 1 rings (SSSR count). The van der Waals surface area contributed by atoms with E-state index >= 15 is 0 Å². The predicted molar refractivity (Wildman–Crippen MR) is 72.7 cm³/mol. The van der Waals surface area contributed by atoms with Crippen LogP contribution in [-0.4, -0.2) is 12.1 Å². The maximum Gasteiger partial charge on any atom is 0.00966 e. The van der Waals surface area contributed by atoms with Crippen molar-refractivity contribution in [1.82, 2.24) is 5.32 Å². The molecule has 1 saturated carbocycles. The fourth-order valence-electron chi connectivity index (χ4n) is 2.36. The largest absolute Gasteiger partial charge is 0.312 e. The number of allylic oxidation sites excluding steroid dienone is 1. The first-order valence-corrected chi connectivity index (χ1v) is 6.98. The lowest BCUT2D eigenvalue weighted by molar-refractivity contribution is 0.361. The molecule has 1 aliphatic rings. The molecule has 0 saturated heterocycles. The van der Waals surface area contributed by atoms with Gasteiger partial charge in [0.25, 0.3) is 0 Å². The first kappa shape index (κ1) is 13.8. The standard InChI is InChI=1S/C15H29N/c1-15(2,3)16-13-9-5-8-12-14-10-6-4-7-11-14/h5,8,14,16H,4,6-7,9-13H2,1-3H3. The lowest BCUT2D eigenvalue weighted by atomic mass is 9.87. The van der Waals surface area contributed by atoms with Gasteiger partial charge >= 0.3 is 0 Å². The van der Waals surface area contributed by atoms with Crippen LogP contribution in [0.25, 0.3) is 0 Å². The highest BCUT2D eigenvalue weighted by atomic mass is 14.9. The summed E-state index contributed by atoms with van der Waals surface area (Å²) in [7, 11) is 0. The topological polar surface area (TPSA) is 12.0 Å². The average Bonchev–Trinajstić information content (AvgIpc) is 2.23. The first-order valence-electron chi connectivity index (χ1n) is 6.98. The summed E-state index contributed by atoms with van der Waals surface area (Å²) >= 11 is 0. The van der Waals surface area contributed by atoms with Crippen LogP contribution >= 0.6 is 0 Å². The van der Waals surface area contributed by atoms with Crippen molar-refractivity contribution in [2.24, 2.45) is 5.92 Å². The summed E-state index contributed by atoms with van der Waals surface area (Å²) in [4.78, 5) is 0. The van der Waals surface area contributed by atoms with E-state index in [0.29, 0.717) is 0 Å². The molecule has 1 N–H and O–H groups in total. The molecule has 0 bridgehead atoms. The zero-order valence-electron chi connectivity index (χ0n) is 11.4.